The van der Waals surface area contributed by atoms with Crippen LogP contribution in [0, 0.1) is 5.82 Å². The number of hydrogen-bond acceptors (Lipinski definition) is 3. The minimum atomic E-state index is -0.666. The first-order chi connectivity index (χ1) is 8.64. The molecule has 0 aromatic heterocycles. The number of carbonyl (C=O) groups excluding carboxylic acids is 1. The number of hydrogen-bond donors (Lipinski definition) is 2. The molecule has 1 saturated carbocycles. The lowest BCUT2D eigenvalue weighted by Gasteiger charge is -2.40. The Balaban J connectivity index is 2.33. The van der Waals surface area contributed by atoms with Crippen LogP contribution in [0.3, 0.4) is 0 Å². The Morgan fingerprint density at radius 3 is 2.72 bits per heavy atom. The van der Waals surface area contributed by atoms with Gasteiger partial charge in [-0.3, -0.25) is 10.2 Å². The quantitative estimate of drug-likeness (QED) is 0.486. The molecule has 3 N–H and O–H groups in total. The molecule has 0 aliphatic heterocycles. The third-order valence-corrected chi connectivity index (χ3v) is 3.56. The molecule has 1 aliphatic rings. The van der Waals surface area contributed by atoms with E-state index in [9.17, 15) is 9.18 Å². The molecule has 4 nitrogen and oxygen atoms in total. The molecule has 1 aromatic rings. The molecule has 0 radical (unpaired) electrons. The zero-order chi connectivity index (χ0) is 13.2. The van der Waals surface area contributed by atoms with Crippen molar-refractivity contribution in [2.45, 2.75) is 31.6 Å². The topological polar surface area (TPSA) is 64.3 Å². The number of hydrazine groups is 1. The molecule has 0 heterocycles. The van der Waals surface area contributed by atoms with E-state index >= 15 is 0 Å². The Morgan fingerprint density at radius 1 is 1.56 bits per heavy atom. The molecule has 2 rings (SSSR count). The molecule has 1 aromatic carbocycles. The number of nitrogens with one attached hydrogen (secondary N) is 1. The summed E-state index contributed by atoms with van der Waals surface area (Å²) in [4.78, 5) is 11.8. The summed E-state index contributed by atoms with van der Waals surface area (Å²) in [6.45, 7) is 2.20. The highest BCUT2D eigenvalue weighted by atomic mass is 19.1. The standard InChI is InChI=1S/C13H17FN2O2/c1-2-18-11-5-4-9(8-10(11)14)13(6-3-7-13)12(17)16-15/h4-5,8H,2-3,6-7,15H2,1H3,(H,16,17). The van der Waals surface area contributed by atoms with E-state index in [-0.39, 0.29) is 11.7 Å². The SMILES string of the molecule is CCOc1ccc(C2(C(=O)NN)CCC2)cc1F. The van der Waals surface area contributed by atoms with Gasteiger partial charge < -0.3 is 4.74 Å². The van der Waals surface area contributed by atoms with E-state index in [1.807, 2.05) is 0 Å². The molecule has 0 bridgehead atoms. The van der Waals surface area contributed by atoms with E-state index in [0.29, 0.717) is 25.0 Å². The maximum Gasteiger partial charge on any atom is 0.244 e. The highest BCUT2D eigenvalue weighted by Gasteiger charge is 2.45. The first-order valence-electron chi connectivity index (χ1n) is 6.08. The lowest BCUT2D eigenvalue weighted by molar-refractivity contribution is -0.130. The van der Waals surface area contributed by atoms with E-state index in [1.165, 1.54) is 6.07 Å². The van der Waals surface area contributed by atoms with Crippen molar-refractivity contribution in [1.29, 1.82) is 0 Å². The van der Waals surface area contributed by atoms with Gasteiger partial charge in [0, 0.05) is 0 Å². The minimum absolute atomic E-state index is 0.212. The molecule has 98 valence electrons. The smallest absolute Gasteiger partial charge is 0.244 e. The van der Waals surface area contributed by atoms with Gasteiger partial charge in [0.1, 0.15) is 0 Å². The third kappa shape index (κ3) is 1.95. The Morgan fingerprint density at radius 2 is 2.28 bits per heavy atom. The van der Waals surface area contributed by atoms with Crippen molar-refractivity contribution in [3.63, 3.8) is 0 Å². The summed E-state index contributed by atoms with van der Waals surface area (Å²) < 4.78 is 18.9. The van der Waals surface area contributed by atoms with Gasteiger partial charge in [-0.15, -0.1) is 0 Å². The fourth-order valence-electron chi connectivity index (χ4n) is 2.39. The van der Waals surface area contributed by atoms with E-state index < -0.39 is 11.2 Å². The van der Waals surface area contributed by atoms with E-state index in [2.05, 4.69) is 5.43 Å². The van der Waals surface area contributed by atoms with E-state index in [1.54, 1.807) is 19.1 Å². The molecular weight excluding hydrogens is 235 g/mol. The van der Waals surface area contributed by atoms with Crippen LogP contribution in [0.2, 0.25) is 0 Å². The number of amides is 1. The van der Waals surface area contributed by atoms with Crippen molar-refractivity contribution in [2.75, 3.05) is 6.61 Å². The van der Waals surface area contributed by atoms with Gasteiger partial charge >= 0.3 is 0 Å². The Kier molecular flexibility index (Phi) is 3.52. The predicted molar refractivity (Wildman–Crippen MR) is 65.4 cm³/mol. The third-order valence-electron chi connectivity index (χ3n) is 3.56. The van der Waals surface area contributed by atoms with Crippen molar-refractivity contribution >= 4 is 5.91 Å². The lowest BCUT2D eigenvalue weighted by atomic mass is 9.64. The van der Waals surface area contributed by atoms with Gasteiger partial charge in [0.05, 0.1) is 12.0 Å². The summed E-state index contributed by atoms with van der Waals surface area (Å²) >= 11 is 0. The second-order valence-electron chi connectivity index (χ2n) is 4.49. The summed E-state index contributed by atoms with van der Waals surface area (Å²) in [6.07, 6.45) is 2.34. The van der Waals surface area contributed by atoms with Crippen molar-refractivity contribution in [3.05, 3.63) is 29.6 Å². The molecule has 0 atom stereocenters. The van der Waals surface area contributed by atoms with E-state index in [0.717, 1.165) is 6.42 Å². The van der Waals surface area contributed by atoms with Crippen LogP contribution in [0.1, 0.15) is 31.7 Å². The molecule has 1 fully saturated rings. The molecule has 0 saturated heterocycles. The number of halogens is 1. The average Bonchev–Trinajstić information content (AvgIpc) is 2.31. The van der Waals surface area contributed by atoms with Crippen LogP contribution in [-0.4, -0.2) is 12.5 Å². The van der Waals surface area contributed by atoms with Crippen LogP contribution in [0.15, 0.2) is 18.2 Å². The number of benzene rings is 1. The summed E-state index contributed by atoms with van der Waals surface area (Å²) in [5.41, 5.74) is 2.17. The van der Waals surface area contributed by atoms with Gasteiger partial charge in [-0.2, -0.15) is 0 Å². The van der Waals surface area contributed by atoms with Gasteiger partial charge in [-0.1, -0.05) is 12.5 Å². The highest BCUT2D eigenvalue weighted by Crippen LogP contribution is 2.44. The largest absolute Gasteiger partial charge is 0.491 e. The number of nitrogens with two attached hydrogens (primary N) is 1. The average molecular weight is 252 g/mol. The van der Waals surface area contributed by atoms with Crippen molar-refractivity contribution in [1.82, 2.24) is 5.43 Å². The molecular formula is C13H17FN2O2. The normalized spacial score (nSPS) is 16.8. The maximum absolute atomic E-state index is 13.8. The number of rotatable bonds is 4. The zero-order valence-electron chi connectivity index (χ0n) is 10.3. The van der Waals surface area contributed by atoms with Crippen molar-refractivity contribution in [2.24, 2.45) is 5.84 Å². The Labute approximate surface area is 105 Å². The molecule has 0 spiro atoms. The summed E-state index contributed by atoms with van der Waals surface area (Å²) in [5, 5.41) is 0. The highest BCUT2D eigenvalue weighted by molar-refractivity contribution is 5.88. The van der Waals surface area contributed by atoms with Crippen LogP contribution < -0.4 is 16.0 Å². The van der Waals surface area contributed by atoms with Crippen LogP contribution >= 0.6 is 0 Å². The summed E-state index contributed by atoms with van der Waals surface area (Å²) in [6, 6.07) is 4.68. The van der Waals surface area contributed by atoms with Gasteiger partial charge in [0.15, 0.2) is 11.6 Å². The molecule has 1 aliphatic carbocycles. The fourth-order valence-corrected chi connectivity index (χ4v) is 2.39. The van der Waals surface area contributed by atoms with Gasteiger partial charge in [-0.25, -0.2) is 10.2 Å². The van der Waals surface area contributed by atoms with Crippen LogP contribution in [0.4, 0.5) is 4.39 Å². The molecule has 5 heteroatoms. The Bertz CT molecular complexity index is 458. The van der Waals surface area contributed by atoms with Crippen LogP contribution in [0.25, 0.3) is 0 Å². The Hall–Kier alpha value is -1.62. The van der Waals surface area contributed by atoms with Crippen LogP contribution in [-0.2, 0) is 10.2 Å². The molecule has 0 unspecified atom stereocenters. The fraction of sp³-hybridized carbons (Fsp3) is 0.462. The first-order valence-corrected chi connectivity index (χ1v) is 6.08. The second kappa shape index (κ2) is 4.94. The summed E-state index contributed by atoms with van der Waals surface area (Å²) in [7, 11) is 0. The number of carbonyl (C=O) groups is 1. The van der Waals surface area contributed by atoms with Crippen molar-refractivity contribution in [3.8, 4) is 5.75 Å². The molecule has 1 amide bonds. The van der Waals surface area contributed by atoms with Crippen LogP contribution in [0.5, 0.6) is 5.75 Å². The minimum Gasteiger partial charge on any atom is -0.491 e. The number of ether oxygens (including phenoxy) is 1. The molecule has 18 heavy (non-hydrogen) atoms. The second-order valence-corrected chi connectivity index (χ2v) is 4.49. The van der Waals surface area contributed by atoms with Gasteiger partial charge in [0.2, 0.25) is 5.91 Å². The zero-order valence-corrected chi connectivity index (χ0v) is 10.3. The summed E-state index contributed by atoms with van der Waals surface area (Å²) in [5.74, 6) is 4.72. The maximum atomic E-state index is 13.8. The van der Waals surface area contributed by atoms with E-state index in [4.69, 9.17) is 10.6 Å². The van der Waals surface area contributed by atoms with Crippen molar-refractivity contribution < 1.29 is 13.9 Å². The lowest BCUT2D eigenvalue weighted by Crippen LogP contribution is -2.51. The predicted octanol–water partition coefficient (Wildman–Crippen LogP) is 1.64. The monoisotopic (exact) mass is 252 g/mol. The first kappa shape index (κ1) is 12.8. The van der Waals surface area contributed by atoms with Gasteiger partial charge in [-0.05, 0) is 37.5 Å². The van der Waals surface area contributed by atoms with Gasteiger partial charge in [0.25, 0.3) is 0 Å².